The molecule has 1 aromatic rings. The highest BCUT2D eigenvalue weighted by atomic mass is 15.1. The Morgan fingerprint density at radius 1 is 0.500 bits per heavy atom. The third-order valence-electron chi connectivity index (χ3n) is 9.41. The maximum absolute atomic E-state index is 4.86. The second-order valence-corrected chi connectivity index (χ2v) is 13.2. The normalized spacial score (nSPS) is 13.2. The van der Waals surface area contributed by atoms with Crippen molar-refractivity contribution in [3.63, 3.8) is 0 Å². The second kappa shape index (κ2) is 28.3. The predicted molar refractivity (Wildman–Crippen MR) is 181 cm³/mol. The molecule has 0 spiro atoms. The van der Waals surface area contributed by atoms with Crippen molar-refractivity contribution in [3.8, 4) is 0 Å². The Kier molecular flexibility index (Phi) is 26.4. The Hall–Kier alpha value is -0.790. The van der Waals surface area contributed by atoms with Gasteiger partial charge in [0.05, 0.1) is 0 Å². The van der Waals surface area contributed by atoms with Gasteiger partial charge in [0.25, 0.3) is 0 Å². The van der Waals surface area contributed by atoms with Crippen molar-refractivity contribution in [1.29, 1.82) is 0 Å². The van der Waals surface area contributed by atoms with E-state index in [-0.39, 0.29) is 0 Å². The van der Waals surface area contributed by atoms with Crippen LogP contribution in [0.2, 0.25) is 0 Å². The fourth-order valence-corrected chi connectivity index (χ4v) is 6.53. The lowest BCUT2D eigenvalue weighted by atomic mass is 9.96. The molecular formula is C38H74N2. The molecule has 236 valence electrons. The van der Waals surface area contributed by atoms with Crippen molar-refractivity contribution >= 4 is 0 Å². The van der Waals surface area contributed by atoms with Gasteiger partial charge in [-0.1, -0.05) is 188 Å². The minimum absolute atomic E-state index is 0.589. The first-order valence-electron chi connectivity index (χ1n) is 18.8. The summed E-state index contributed by atoms with van der Waals surface area (Å²) in [5.41, 5.74) is 0. The fraction of sp³-hybridized carbons (Fsp3) is 0.921. The van der Waals surface area contributed by atoms with Gasteiger partial charge < -0.3 is 4.57 Å². The minimum atomic E-state index is 0.589. The predicted octanol–water partition coefficient (Wildman–Crippen LogP) is 13.9. The van der Waals surface area contributed by atoms with Crippen molar-refractivity contribution in [3.05, 3.63) is 18.2 Å². The smallest absolute Gasteiger partial charge is 0.111 e. The molecule has 2 heteroatoms. The molecule has 0 aliphatic carbocycles. The van der Waals surface area contributed by atoms with Gasteiger partial charge >= 0.3 is 0 Å². The first-order chi connectivity index (χ1) is 19.7. The van der Waals surface area contributed by atoms with Crippen LogP contribution < -0.4 is 0 Å². The van der Waals surface area contributed by atoms with Crippen LogP contribution in [0.3, 0.4) is 0 Å². The number of hydrogen-bond acceptors (Lipinski definition) is 1. The van der Waals surface area contributed by atoms with Crippen LogP contribution in [0.4, 0.5) is 0 Å². The number of rotatable bonds is 31. The van der Waals surface area contributed by atoms with E-state index >= 15 is 0 Å². The molecule has 0 saturated carbocycles. The lowest BCUT2D eigenvalue weighted by Gasteiger charge is -2.21. The van der Waals surface area contributed by atoms with E-state index in [1.165, 1.54) is 192 Å². The molecule has 1 rings (SSSR count). The average molecular weight is 559 g/mol. The summed E-state index contributed by atoms with van der Waals surface area (Å²) in [6, 6.07) is 0.589. The molecule has 2 unspecified atom stereocenters. The monoisotopic (exact) mass is 559 g/mol. The van der Waals surface area contributed by atoms with E-state index in [1.54, 1.807) is 0 Å². The maximum atomic E-state index is 4.86. The summed E-state index contributed by atoms with van der Waals surface area (Å²) >= 11 is 0. The van der Waals surface area contributed by atoms with E-state index in [4.69, 9.17) is 4.98 Å². The number of aromatic nitrogens is 2. The van der Waals surface area contributed by atoms with E-state index in [0.29, 0.717) is 12.0 Å². The van der Waals surface area contributed by atoms with E-state index in [2.05, 4.69) is 44.7 Å². The summed E-state index contributed by atoms with van der Waals surface area (Å²) in [6.07, 6.45) is 45.5. The van der Waals surface area contributed by atoms with Gasteiger partial charge in [-0.15, -0.1) is 0 Å². The number of imidazole rings is 1. The molecular weight excluding hydrogens is 484 g/mol. The Balaban J connectivity index is 2.06. The SMILES string of the molecule is CCCCCCCCCCCCCCCCCC(CC)c1nccn1C(C)CCCCCCCCCCCCC. The molecule has 0 radical (unpaired) electrons. The van der Waals surface area contributed by atoms with Crippen LogP contribution in [0.1, 0.15) is 232 Å². The van der Waals surface area contributed by atoms with E-state index in [1.807, 2.05) is 0 Å². The zero-order valence-electron chi connectivity index (χ0n) is 28.2. The topological polar surface area (TPSA) is 17.8 Å². The van der Waals surface area contributed by atoms with Crippen molar-refractivity contribution in [2.24, 2.45) is 0 Å². The van der Waals surface area contributed by atoms with Gasteiger partial charge in [-0.2, -0.15) is 0 Å². The molecule has 0 bridgehead atoms. The Morgan fingerprint density at radius 3 is 1.23 bits per heavy atom. The van der Waals surface area contributed by atoms with E-state index < -0.39 is 0 Å². The van der Waals surface area contributed by atoms with Gasteiger partial charge in [0.1, 0.15) is 5.82 Å². The summed E-state index contributed by atoms with van der Waals surface area (Å²) in [5, 5.41) is 0. The van der Waals surface area contributed by atoms with Crippen molar-refractivity contribution < 1.29 is 0 Å². The third kappa shape index (κ3) is 20.1. The van der Waals surface area contributed by atoms with Gasteiger partial charge in [-0.3, -0.25) is 0 Å². The van der Waals surface area contributed by atoms with Crippen LogP contribution in [-0.4, -0.2) is 9.55 Å². The molecule has 0 N–H and O–H groups in total. The van der Waals surface area contributed by atoms with Crippen molar-refractivity contribution in [2.75, 3.05) is 0 Å². The molecule has 0 aliphatic rings. The quantitative estimate of drug-likeness (QED) is 0.0828. The highest BCUT2D eigenvalue weighted by Gasteiger charge is 2.18. The highest BCUT2D eigenvalue weighted by Crippen LogP contribution is 2.28. The Bertz CT molecular complexity index is 621. The summed E-state index contributed by atoms with van der Waals surface area (Å²) in [5.74, 6) is 2.00. The number of nitrogens with zero attached hydrogens (tertiary/aromatic N) is 2. The number of unbranched alkanes of at least 4 members (excludes halogenated alkanes) is 24. The van der Waals surface area contributed by atoms with E-state index in [9.17, 15) is 0 Å². The number of hydrogen-bond donors (Lipinski definition) is 0. The maximum Gasteiger partial charge on any atom is 0.111 e. The lowest BCUT2D eigenvalue weighted by molar-refractivity contribution is 0.425. The molecule has 0 fully saturated rings. The standard InChI is InChI=1S/C38H74N2/c1-5-8-10-12-14-16-18-19-20-21-23-25-27-29-31-33-37(7-3)38-39-34-35-40(38)36(4)32-30-28-26-24-22-17-15-13-11-9-6-2/h34-37H,5-33H2,1-4H3. The van der Waals surface area contributed by atoms with Crippen molar-refractivity contribution in [2.45, 2.75) is 226 Å². The molecule has 40 heavy (non-hydrogen) atoms. The molecule has 1 heterocycles. The molecule has 0 aliphatic heterocycles. The molecule has 2 atom stereocenters. The highest BCUT2D eigenvalue weighted by molar-refractivity contribution is 5.02. The van der Waals surface area contributed by atoms with Crippen LogP contribution in [0.15, 0.2) is 12.4 Å². The van der Waals surface area contributed by atoms with Crippen LogP contribution in [0.5, 0.6) is 0 Å². The summed E-state index contributed by atoms with van der Waals surface area (Å²) in [6.45, 7) is 9.39. The fourth-order valence-electron chi connectivity index (χ4n) is 6.53. The van der Waals surface area contributed by atoms with Crippen LogP contribution in [-0.2, 0) is 0 Å². The summed E-state index contributed by atoms with van der Waals surface area (Å²) < 4.78 is 2.52. The van der Waals surface area contributed by atoms with Gasteiger partial charge in [0.15, 0.2) is 0 Å². The van der Waals surface area contributed by atoms with Gasteiger partial charge in [0.2, 0.25) is 0 Å². The third-order valence-corrected chi connectivity index (χ3v) is 9.41. The summed E-state index contributed by atoms with van der Waals surface area (Å²) in [4.78, 5) is 4.86. The first-order valence-corrected chi connectivity index (χ1v) is 18.8. The molecule has 1 aromatic heterocycles. The molecule has 2 nitrogen and oxygen atoms in total. The zero-order valence-corrected chi connectivity index (χ0v) is 28.2. The Labute approximate surface area is 253 Å². The van der Waals surface area contributed by atoms with E-state index in [0.717, 1.165) is 0 Å². The van der Waals surface area contributed by atoms with Gasteiger partial charge in [-0.25, -0.2) is 4.98 Å². The van der Waals surface area contributed by atoms with Crippen LogP contribution >= 0.6 is 0 Å². The van der Waals surface area contributed by atoms with Gasteiger partial charge in [-0.05, 0) is 26.2 Å². The molecule has 0 aromatic carbocycles. The first kappa shape index (κ1) is 37.2. The van der Waals surface area contributed by atoms with Crippen molar-refractivity contribution in [1.82, 2.24) is 9.55 Å². The second-order valence-electron chi connectivity index (χ2n) is 13.2. The molecule has 0 amide bonds. The molecule has 0 saturated heterocycles. The van der Waals surface area contributed by atoms with Crippen LogP contribution in [0.25, 0.3) is 0 Å². The van der Waals surface area contributed by atoms with Crippen LogP contribution in [0, 0.1) is 0 Å². The Morgan fingerprint density at radius 2 is 0.850 bits per heavy atom. The zero-order chi connectivity index (χ0) is 28.9. The largest absolute Gasteiger partial charge is 0.332 e. The average Bonchev–Trinajstić information content (AvgIpc) is 3.45. The van der Waals surface area contributed by atoms with Gasteiger partial charge in [0, 0.05) is 24.4 Å². The lowest BCUT2D eigenvalue weighted by Crippen LogP contribution is -2.12. The minimum Gasteiger partial charge on any atom is -0.332 e. The summed E-state index contributed by atoms with van der Waals surface area (Å²) in [7, 11) is 0.